The third-order valence-corrected chi connectivity index (χ3v) is 8.04. The zero-order valence-electron chi connectivity index (χ0n) is 19.8. The molecule has 2 amide bonds. The Balaban J connectivity index is 1.19. The Labute approximate surface area is 211 Å². The number of thiazole rings is 1. The third-order valence-electron chi connectivity index (χ3n) is 6.93. The second kappa shape index (κ2) is 9.68. The van der Waals surface area contributed by atoms with E-state index in [1.807, 2.05) is 12.1 Å². The number of hydrogen-bond acceptors (Lipinski definition) is 10. The van der Waals surface area contributed by atoms with Crippen molar-refractivity contribution >= 4 is 28.5 Å². The molecule has 3 aliphatic rings. The first kappa shape index (κ1) is 23.2. The summed E-state index contributed by atoms with van der Waals surface area (Å²) in [4.78, 5) is 29.5. The molecule has 36 heavy (non-hydrogen) atoms. The van der Waals surface area contributed by atoms with Gasteiger partial charge in [-0.1, -0.05) is 17.4 Å². The molecule has 3 aromatic heterocycles. The number of anilines is 2. The summed E-state index contributed by atoms with van der Waals surface area (Å²) in [6.07, 6.45) is 5.08. The van der Waals surface area contributed by atoms with Crippen LogP contribution in [0.2, 0.25) is 0 Å². The number of pyridine rings is 1. The second-order valence-electron chi connectivity index (χ2n) is 9.32. The zero-order valence-corrected chi connectivity index (χ0v) is 20.7. The molecule has 1 saturated heterocycles. The van der Waals surface area contributed by atoms with Crippen LogP contribution in [0.15, 0.2) is 28.8 Å². The summed E-state index contributed by atoms with van der Waals surface area (Å²) in [5, 5.41) is 16.2. The number of ether oxygens (including phenoxy) is 2. The van der Waals surface area contributed by atoms with Crippen LogP contribution in [-0.2, 0) is 11.2 Å². The number of aromatic nitrogens is 3. The average Bonchev–Trinajstić information content (AvgIpc) is 3.52. The van der Waals surface area contributed by atoms with E-state index in [-0.39, 0.29) is 30.3 Å². The van der Waals surface area contributed by atoms with E-state index < -0.39 is 0 Å². The largest absolute Gasteiger partial charge is 0.481 e. The number of carbonyl (C=O) groups is 1. The fourth-order valence-electron chi connectivity index (χ4n) is 5.13. The summed E-state index contributed by atoms with van der Waals surface area (Å²) in [7, 11) is 1.58. The van der Waals surface area contributed by atoms with Crippen LogP contribution in [0.3, 0.4) is 0 Å². The minimum absolute atomic E-state index is 0.0264. The highest BCUT2D eigenvalue weighted by Gasteiger charge is 2.43. The smallest absolute Gasteiger partial charge is 0.321 e. The van der Waals surface area contributed by atoms with Gasteiger partial charge in [-0.05, 0) is 31.7 Å². The number of aliphatic hydroxyl groups excluding tert-OH is 1. The number of morpholine rings is 1. The van der Waals surface area contributed by atoms with E-state index in [0.29, 0.717) is 61.0 Å². The van der Waals surface area contributed by atoms with Crippen molar-refractivity contribution in [1.82, 2.24) is 20.3 Å². The predicted molar refractivity (Wildman–Crippen MR) is 132 cm³/mol. The lowest BCUT2D eigenvalue weighted by atomic mass is 9.93. The molecule has 5 heterocycles. The molecule has 0 unspecified atom stereocenters. The van der Waals surface area contributed by atoms with Gasteiger partial charge in [0.2, 0.25) is 5.88 Å². The summed E-state index contributed by atoms with van der Waals surface area (Å²) < 4.78 is 17.3. The third kappa shape index (κ3) is 4.51. The van der Waals surface area contributed by atoms with E-state index >= 15 is 0 Å². The molecule has 2 bridgehead atoms. The molecule has 3 N–H and O–H groups in total. The molecule has 11 nitrogen and oxygen atoms in total. The fourth-order valence-corrected chi connectivity index (χ4v) is 6.21. The minimum Gasteiger partial charge on any atom is -0.481 e. The number of urea groups is 1. The minimum atomic E-state index is -0.262. The average molecular weight is 513 g/mol. The SMILES string of the molecule is COc1cccc(-c2cnc(N3[C@@H]4COC[C@H]3c3sc(NC(=O)N[C@H]5CC[C@@H](O)CC5)nc3C4)o2)n1. The molecule has 1 saturated carbocycles. The van der Waals surface area contributed by atoms with Gasteiger partial charge in [0.05, 0.1) is 55.3 Å². The predicted octanol–water partition coefficient (Wildman–Crippen LogP) is 3.13. The highest BCUT2D eigenvalue weighted by atomic mass is 32.1. The Bertz CT molecular complexity index is 1240. The molecular formula is C24H28N6O5S. The van der Waals surface area contributed by atoms with E-state index in [4.69, 9.17) is 18.9 Å². The maximum Gasteiger partial charge on any atom is 0.321 e. The van der Waals surface area contributed by atoms with Gasteiger partial charge >= 0.3 is 6.03 Å². The van der Waals surface area contributed by atoms with Crippen molar-refractivity contribution in [2.24, 2.45) is 0 Å². The molecule has 0 spiro atoms. The number of carbonyl (C=O) groups excluding carboxylic acids is 1. The molecule has 0 aromatic carbocycles. The summed E-state index contributed by atoms with van der Waals surface area (Å²) in [5.74, 6) is 1.07. The van der Waals surface area contributed by atoms with Crippen LogP contribution in [0.4, 0.5) is 15.9 Å². The molecule has 3 aromatic rings. The lowest BCUT2D eigenvalue weighted by Gasteiger charge is -2.43. The first-order valence-corrected chi connectivity index (χ1v) is 13.0. The van der Waals surface area contributed by atoms with E-state index in [2.05, 4.69) is 25.5 Å². The quantitative estimate of drug-likeness (QED) is 0.471. The van der Waals surface area contributed by atoms with Gasteiger partial charge in [0.15, 0.2) is 10.9 Å². The first-order chi connectivity index (χ1) is 17.6. The van der Waals surface area contributed by atoms with Crippen molar-refractivity contribution in [1.29, 1.82) is 0 Å². The Morgan fingerprint density at radius 1 is 1.22 bits per heavy atom. The van der Waals surface area contributed by atoms with E-state index in [1.165, 1.54) is 11.3 Å². The number of amides is 2. The van der Waals surface area contributed by atoms with Crippen LogP contribution >= 0.6 is 11.3 Å². The number of nitrogens with zero attached hydrogens (tertiary/aromatic N) is 4. The molecule has 1 aliphatic carbocycles. The molecular weight excluding hydrogens is 484 g/mol. The molecule has 2 atom stereocenters. The molecule has 6 rings (SSSR count). The van der Waals surface area contributed by atoms with Gasteiger partial charge in [0.1, 0.15) is 5.69 Å². The van der Waals surface area contributed by atoms with Crippen molar-refractivity contribution in [2.75, 3.05) is 30.5 Å². The van der Waals surface area contributed by atoms with Crippen molar-refractivity contribution in [3.63, 3.8) is 0 Å². The Hall–Kier alpha value is -3.22. The Morgan fingerprint density at radius 3 is 2.92 bits per heavy atom. The Morgan fingerprint density at radius 2 is 2.08 bits per heavy atom. The van der Waals surface area contributed by atoms with E-state index in [1.54, 1.807) is 19.4 Å². The standard InChI is InChI=1S/C24H28N6O5S/c1-33-20-4-2-3-16(27-20)19-10-25-24(35-19)30-14-9-17-21(18(30)12-34-11-14)36-23(28-17)29-22(32)26-13-5-7-15(31)8-6-13/h2-4,10,13-15,18,31H,5-9,11-12H2,1H3,(H2,26,28,29,32)/t13-,14-,15+,18-/m0/s1. The summed E-state index contributed by atoms with van der Waals surface area (Å²) in [6, 6.07) is 5.74. The second-order valence-corrected chi connectivity index (χ2v) is 10.4. The lowest BCUT2D eigenvalue weighted by Crippen LogP contribution is -2.51. The van der Waals surface area contributed by atoms with Gasteiger partial charge < -0.3 is 29.2 Å². The molecule has 12 heteroatoms. The van der Waals surface area contributed by atoms with Crippen molar-refractivity contribution in [3.05, 3.63) is 35.0 Å². The number of oxazole rings is 1. The molecule has 0 radical (unpaired) electrons. The fraction of sp³-hybridized carbons (Fsp3) is 0.500. The highest BCUT2D eigenvalue weighted by molar-refractivity contribution is 7.16. The monoisotopic (exact) mass is 512 g/mol. The molecule has 2 fully saturated rings. The van der Waals surface area contributed by atoms with Gasteiger partial charge in [-0.2, -0.15) is 0 Å². The van der Waals surface area contributed by atoms with Crippen LogP contribution in [0.25, 0.3) is 11.5 Å². The van der Waals surface area contributed by atoms with Crippen molar-refractivity contribution in [2.45, 2.75) is 56.3 Å². The maximum absolute atomic E-state index is 12.6. The van der Waals surface area contributed by atoms with E-state index in [0.717, 1.165) is 23.4 Å². The number of methoxy groups -OCH3 is 1. The number of rotatable bonds is 5. The summed E-state index contributed by atoms with van der Waals surface area (Å²) in [5.41, 5.74) is 1.63. The summed E-state index contributed by atoms with van der Waals surface area (Å²) >= 11 is 1.46. The van der Waals surface area contributed by atoms with E-state index in [9.17, 15) is 9.90 Å². The van der Waals surface area contributed by atoms with Crippen LogP contribution in [-0.4, -0.2) is 64.6 Å². The molecule has 190 valence electrons. The lowest BCUT2D eigenvalue weighted by molar-refractivity contribution is 0.0578. The topological polar surface area (TPSA) is 135 Å². The van der Waals surface area contributed by atoms with Crippen molar-refractivity contribution in [3.8, 4) is 17.3 Å². The maximum atomic E-state index is 12.6. The number of fused-ring (bicyclic) bond motifs is 4. The molecule has 2 aliphatic heterocycles. The normalized spacial score (nSPS) is 25.2. The van der Waals surface area contributed by atoms with Gasteiger partial charge in [0.25, 0.3) is 6.01 Å². The summed E-state index contributed by atoms with van der Waals surface area (Å²) in [6.45, 7) is 1.02. The van der Waals surface area contributed by atoms with Crippen LogP contribution in [0.5, 0.6) is 5.88 Å². The Kier molecular flexibility index (Phi) is 6.23. The first-order valence-electron chi connectivity index (χ1n) is 12.2. The number of aliphatic hydroxyl groups is 1. The van der Waals surface area contributed by atoms with Gasteiger partial charge in [0, 0.05) is 18.5 Å². The number of nitrogens with one attached hydrogen (secondary N) is 2. The van der Waals surface area contributed by atoms with Gasteiger partial charge in [-0.3, -0.25) is 5.32 Å². The van der Waals surface area contributed by atoms with Gasteiger partial charge in [-0.15, -0.1) is 0 Å². The van der Waals surface area contributed by atoms with Crippen LogP contribution in [0, 0.1) is 0 Å². The zero-order chi connectivity index (χ0) is 24.6. The van der Waals surface area contributed by atoms with Crippen LogP contribution in [0.1, 0.15) is 42.3 Å². The van der Waals surface area contributed by atoms with Gasteiger partial charge in [-0.25, -0.2) is 19.7 Å². The van der Waals surface area contributed by atoms with Crippen LogP contribution < -0.4 is 20.3 Å². The highest BCUT2D eigenvalue weighted by Crippen LogP contribution is 2.43. The number of hydrogen-bond donors (Lipinski definition) is 3. The van der Waals surface area contributed by atoms with Crippen molar-refractivity contribution < 1.29 is 23.8 Å².